The second kappa shape index (κ2) is 3.27. The molecule has 2 aromatic rings. The first-order chi connectivity index (χ1) is 5.70. The number of fused-ring (bicyclic) bond motifs is 1. The molecule has 1 aromatic carbocycles. The highest BCUT2D eigenvalue weighted by atomic mass is 127. The quantitative estimate of drug-likeness (QED) is 0.609. The number of halogens is 2. The van der Waals surface area contributed by atoms with Crippen molar-refractivity contribution in [2.75, 3.05) is 0 Å². The second-order valence-electron chi connectivity index (χ2n) is 2.59. The van der Waals surface area contributed by atoms with E-state index in [-0.39, 0.29) is 0 Å². The van der Waals surface area contributed by atoms with Gasteiger partial charge < -0.3 is 0 Å². The predicted molar refractivity (Wildman–Crippen MR) is 67.0 cm³/mol. The summed E-state index contributed by atoms with van der Waals surface area (Å²) in [5.41, 5.74) is 0. The lowest BCUT2D eigenvalue weighted by Gasteiger charge is -1.93. The summed E-state index contributed by atoms with van der Waals surface area (Å²) in [6.45, 7) is 2.14. The molecule has 62 valence electrons. The van der Waals surface area contributed by atoms with Gasteiger partial charge in [-0.1, -0.05) is 6.07 Å². The first-order valence-corrected chi connectivity index (χ1v) is 6.22. The number of aryl methyl sites for hydroxylation is 1. The Labute approximate surface area is 97.2 Å². The molecule has 1 aromatic heterocycles. The van der Waals surface area contributed by atoms with Crippen LogP contribution in [0.15, 0.2) is 22.7 Å². The van der Waals surface area contributed by atoms with E-state index in [4.69, 9.17) is 0 Å². The van der Waals surface area contributed by atoms with Crippen molar-refractivity contribution in [1.82, 2.24) is 0 Å². The Morgan fingerprint density at radius 3 is 2.83 bits per heavy atom. The van der Waals surface area contributed by atoms with E-state index < -0.39 is 0 Å². The summed E-state index contributed by atoms with van der Waals surface area (Å²) in [5.74, 6) is 0. The fraction of sp³-hybridized carbons (Fsp3) is 0.111. The van der Waals surface area contributed by atoms with Gasteiger partial charge in [0.05, 0.1) is 0 Å². The van der Waals surface area contributed by atoms with Crippen LogP contribution in [0.25, 0.3) is 10.1 Å². The van der Waals surface area contributed by atoms with Crippen LogP contribution >= 0.6 is 49.9 Å². The molecule has 0 aliphatic carbocycles. The molecule has 0 aliphatic heterocycles. The Hall–Kier alpha value is 0.390. The zero-order chi connectivity index (χ0) is 8.72. The van der Waals surface area contributed by atoms with Gasteiger partial charge in [0, 0.05) is 23.0 Å². The maximum atomic E-state index is 3.61. The lowest BCUT2D eigenvalue weighted by molar-refractivity contribution is 1.60. The van der Waals surface area contributed by atoms with E-state index >= 15 is 0 Å². The van der Waals surface area contributed by atoms with Gasteiger partial charge in [0.2, 0.25) is 0 Å². The van der Waals surface area contributed by atoms with Crippen molar-refractivity contribution in [3.05, 3.63) is 31.1 Å². The average Bonchev–Trinajstić information content (AvgIpc) is 2.29. The molecule has 0 nitrogen and oxygen atoms in total. The number of hydrogen-bond donors (Lipinski definition) is 0. The third-order valence-electron chi connectivity index (χ3n) is 1.77. The molecule has 0 bridgehead atoms. The predicted octanol–water partition coefficient (Wildman–Crippen LogP) is 4.58. The van der Waals surface area contributed by atoms with Gasteiger partial charge in [0.1, 0.15) is 0 Å². The van der Waals surface area contributed by atoms with Gasteiger partial charge in [-0.25, -0.2) is 0 Å². The average molecular weight is 353 g/mol. The molecule has 0 aliphatic rings. The molecule has 0 N–H and O–H groups in total. The fourth-order valence-electron chi connectivity index (χ4n) is 1.19. The highest BCUT2D eigenvalue weighted by molar-refractivity contribution is 14.1. The SMILES string of the molecule is Cc1sc2cccc(I)c2c1Br. The molecule has 1 heterocycles. The molecule has 2 rings (SSSR count). The zero-order valence-electron chi connectivity index (χ0n) is 6.40. The number of benzene rings is 1. The van der Waals surface area contributed by atoms with Gasteiger partial charge in [-0.2, -0.15) is 0 Å². The topological polar surface area (TPSA) is 0 Å². The molecule has 0 saturated carbocycles. The second-order valence-corrected chi connectivity index (χ2v) is 5.80. The summed E-state index contributed by atoms with van der Waals surface area (Å²) in [7, 11) is 0. The van der Waals surface area contributed by atoms with E-state index in [1.807, 2.05) is 11.3 Å². The van der Waals surface area contributed by atoms with Crippen molar-refractivity contribution in [2.45, 2.75) is 6.92 Å². The van der Waals surface area contributed by atoms with Gasteiger partial charge in [-0.05, 0) is 57.6 Å². The van der Waals surface area contributed by atoms with E-state index in [1.165, 1.54) is 23.0 Å². The molecule has 0 atom stereocenters. The lowest BCUT2D eigenvalue weighted by Crippen LogP contribution is -1.71. The highest BCUT2D eigenvalue weighted by Crippen LogP contribution is 2.37. The van der Waals surface area contributed by atoms with E-state index in [2.05, 4.69) is 63.6 Å². The van der Waals surface area contributed by atoms with Crippen molar-refractivity contribution in [3.8, 4) is 0 Å². The minimum atomic E-state index is 1.26. The van der Waals surface area contributed by atoms with Crippen molar-refractivity contribution in [1.29, 1.82) is 0 Å². The fourth-order valence-corrected chi connectivity index (χ4v) is 4.29. The monoisotopic (exact) mass is 352 g/mol. The van der Waals surface area contributed by atoms with Gasteiger partial charge in [-0.3, -0.25) is 0 Å². The Kier molecular flexibility index (Phi) is 2.44. The molecule has 3 heteroatoms. The van der Waals surface area contributed by atoms with E-state index in [0.29, 0.717) is 0 Å². The van der Waals surface area contributed by atoms with Crippen LogP contribution in [0.2, 0.25) is 0 Å². The molecule has 0 spiro atoms. The van der Waals surface area contributed by atoms with Crippen LogP contribution in [0.3, 0.4) is 0 Å². The first-order valence-electron chi connectivity index (χ1n) is 3.53. The van der Waals surface area contributed by atoms with Gasteiger partial charge in [-0.15, -0.1) is 11.3 Å². The normalized spacial score (nSPS) is 10.9. The van der Waals surface area contributed by atoms with Crippen molar-refractivity contribution >= 4 is 59.9 Å². The number of rotatable bonds is 0. The zero-order valence-corrected chi connectivity index (χ0v) is 11.0. The summed E-state index contributed by atoms with van der Waals surface area (Å²) in [5, 5.41) is 1.36. The summed E-state index contributed by atoms with van der Waals surface area (Å²) in [6, 6.07) is 6.41. The van der Waals surface area contributed by atoms with Crippen LogP contribution < -0.4 is 0 Å². The molecule has 0 radical (unpaired) electrons. The third kappa shape index (κ3) is 1.32. The van der Waals surface area contributed by atoms with Crippen LogP contribution in [-0.2, 0) is 0 Å². The molecule has 0 fully saturated rings. The highest BCUT2D eigenvalue weighted by Gasteiger charge is 2.07. The lowest BCUT2D eigenvalue weighted by atomic mass is 10.2. The Balaban J connectivity index is 2.97. The number of thiophene rings is 1. The van der Waals surface area contributed by atoms with Crippen molar-refractivity contribution < 1.29 is 0 Å². The third-order valence-corrected chi connectivity index (χ3v) is 4.99. The maximum Gasteiger partial charge on any atom is 0.0401 e. The standard InChI is InChI=1S/C9H6BrIS/c1-5-9(10)8-6(11)3-2-4-7(8)12-5/h2-4H,1H3. The van der Waals surface area contributed by atoms with Gasteiger partial charge in [0.25, 0.3) is 0 Å². The summed E-state index contributed by atoms with van der Waals surface area (Å²) in [4.78, 5) is 1.36. The van der Waals surface area contributed by atoms with E-state index in [1.54, 1.807) is 0 Å². The van der Waals surface area contributed by atoms with Crippen LogP contribution in [-0.4, -0.2) is 0 Å². The van der Waals surface area contributed by atoms with Gasteiger partial charge in [0.15, 0.2) is 0 Å². The Bertz CT molecular complexity index is 433. The maximum absolute atomic E-state index is 3.61. The summed E-state index contributed by atoms with van der Waals surface area (Å²) in [6.07, 6.45) is 0. The number of hydrogen-bond acceptors (Lipinski definition) is 1. The largest absolute Gasteiger partial charge is 0.139 e. The van der Waals surface area contributed by atoms with Crippen LogP contribution in [0.5, 0.6) is 0 Å². The first kappa shape index (κ1) is 8.97. The van der Waals surface area contributed by atoms with Gasteiger partial charge >= 0.3 is 0 Å². The Morgan fingerprint density at radius 1 is 1.42 bits per heavy atom. The van der Waals surface area contributed by atoms with E-state index in [0.717, 1.165) is 0 Å². The van der Waals surface area contributed by atoms with Crippen molar-refractivity contribution in [3.63, 3.8) is 0 Å². The molecule has 12 heavy (non-hydrogen) atoms. The molecule has 0 saturated heterocycles. The van der Waals surface area contributed by atoms with Crippen LogP contribution in [0, 0.1) is 10.5 Å². The smallest absolute Gasteiger partial charge is 0.0401 e. The van der Waals surface area contributed by atoms with Crippen LogP contribution in [0.1, 0.15) is 4.88 Å². The molecule has 0 unspecified atom stereocenters. The molecular formula is C9H6BrIS. The minimum absolute atomic E-state index is 1.26. The summed E-state index contributed by atoms with van der Waals surface area (Å²) >= 11 is 7.82. The molecule has 0 amide bonds. The molecular weight excluding hydrogens is 347 g/mol. The minimum Gasteiger partial charge on any atom is -0.139 e. The van der Waals surface area contributed by atoms with Crippen LogP contribution in [0.4, 0.5) is 0 Å². The van der Waals surface area contributed by atoms with E-state index in [9.17, 15) is 0 Å². The van der Waals surface area contributed by atoms with Crippen molar-refractivity contribution in [2.24, 2.45) is 0 Å². The Morgan fingerprint density at radius 2 is 2.17 bits per heavy atom. The summed E-state index contributed by atoms with van der Waals surface area (Å²) < 4.78 is 3.94.